The van der Waals surface area contributed by atoms with Gasteiger partial charge in [0.25, 0.3) is 5.91 Å². The number of aromatic amines is 1. The lowest BCUT2D eigenvalue weighted by Crippen LogP contribution is -2.49. The summed E-state index contributed by atoms with van der Waals surface area (Å²) in [6.45, 7) is 7.16. The summed E-state index contributed by atoms with van der Waals surface area (Å²) < 4.78 is 1.80. The maximum atomic E-state index is 13.8. The molecule has 220 valence electrons. The average molecular weight is 571 g/mol. The van der Waals surface area contributed by atoms with E-state index in [1.807, 2.05) is 37.4 Å². The van der Waals surface area contributed by atoms with Crippen molar-refractivity contribution >= 4 is 28.6 Å². The van der Waals surface area contributed by atoms with Crippen LogP contribution in [0.3, 0.4) is 0 Å². The fourth-order valence-corrected chi connectivity index (χ4v) is 5.50. The van der Waals surface area contributed by atoms with Crippen LogP contribution in [0.2, 0.25) is 0 Å². The molecule has 0 saturated heterocycles. The maximum absolute atomic E-state index is 13.8. The zero-order valence-corrected chi connectivity index (χ0v) is 24.3. The number of aromatic nitrogens is 5. The first-order valence-corrected chi connectivity index (χ1v) is 14.5. The van der Waals surface area contributed by atoms with Gasteiger partial charge in [0.15, 0.2) is 0 Å². The number of aryl methyl sites for hydroxylation is 1. The first kappa shape index (κ1) is 29.0. The van der Waals surface area contributed by atoms with E-state index in [1.54, 1.807) is 34.1 Å². The third-order valence-corrected chi connectivity index (χ3v) is 7.52. The monoisotopic (exact) mass is 570 g/mol. The lowest BCUT2D eigenvalue weighted by Gasteiger charge is -2.27. The molecular formula is C31H38N8O3. The molecule has 4 aromatic rings. The van der Waals surface area contributed by atoms with Crippen LogP contribution in [0.1, 0.15) is 66.7 Å². The second-order valence-corrected chi connectivity index (χ2v) is 11.2. The Bertz CT molecular complexity index is 1540. The number of para-hydroxylation sites is 1. The molecule has 2 atom stereocenters. The molecule has 1 aromatic carbocycles. The number of carbonyl (C=O) groups excluding carboxylic acids is 3. The van der Waals surface area contributed by atoms with Gasteiger partial charge in [-0.25, -0.2) is 9.67 Å². The van der Waals surface area contributed by atoms with Crippen molar-refractivity contribution in [2.75, 3.05) is 13.1 Å². The molecule has 0 spiro atoms. The lowest BCUT2D eigenvalue weighted by molar-refractivity contribution is -0.129. The molecule has 4 heterocycles. The second kappa shape index (κ2) is 13.0. The summed E-state index contributed by atoms with van der Waals surface area (Å²) >= 11 is 0. The highest BCUT2D eigenvalue weighted by atomic mass is 16.2. The Labute approximate surface area is 245 Å². The third kappa shape index (κ3) is 6.84. The molecule has 1 aliphatic heterocycles. The van der Waals surface area contributed by atoms with E-state index in [0.29, 0.717) is 56.1 Å². The van der Waals surface area contributed by atoms with Crippen LogP contribution in [0, 0.1) is 12.8 Å². The predicted octanol–water partition coefficient (Wildman–Crippen LogP) is 3.33. The molecule has 3 amide bonds. The molecule has 1 aliphatic rings. The number of hydrogen-bond acceptors (Lipinski definition) is 6. The van der Waals surface area contributed by atoms with Crippen LogP contribution in [0.4, 0.5) is 0 Å². The Morgan fingerprint density at radius 1 is 1.02 bits per heavy atom. The number of rotatable bonds is 5. The number of H-pyrrole nitrogens is 1. The minimum atomic E-state index is -0.790. The molecule has 0 saturated carbocycles. The van der Waals surface area contributed by atoms with Gasteiger partial charge in [0.05, 0.1) is 12.6 Å². The number of carbonyl (C=O) groups is 3. The van der Waals surface area contributed by atoms with Gasteiger partial charge in [0.1, 0.15) is 17.7 Å². The van der Waals surface area contributed by atoms with Gasteiger partial charge in [0.2, 0.25) is 11.8 Å². The Hall–Kier alpha value is -4.54. The van der Waals surface area contributed by atoms with Gasteiger partial charge in [-0.15, -0.1) is 0 Å². The van der Waals surface area contributed by atoms with Crippen molar-refractivity contribution in [1.82, 2.24) is 40.3 Å². The smallest absolute Gasteiger partial charge is 0.254 e. The van der Waals surface area contributed by atoms with E-state index < -0.39 is 12.1 Å². The number of nitrogens with one attached hydrogen (secondary N) is 3. The number of nitrogens with zero attached hydrogens (tertiary/aromatic N) is 5. The minimum absolute atomic E-state index is 0.132. The normalized spacial score (nSPS) is 18.8. The van der Waals surface area contributed by atoms with Gasteiger partial charge in [-0.05, 0) is 49.4 Å². The van der Waals surface area contributed by atoms with Gasteiger partial charge in [-0.3, -0.25) is 19.4 Å². The zero-order chi connectivity index (χ0) is 29.6. The molecule has 0 fully saturated rings. The van der Waals surface area contributed by atoms with Crippen molar-refractivity contribution in [3.63, 3.8) is 0 Å². The molecule has 3 aromatic heterocycles. The highest BCUT2D eigenvalue weighted by Gasteiger charge is 2.29. The van der Waals surface area contributed by atoms with Crippen LogP contribution < -0.4 is 10.6 Å². The van der Waals surface area contributed by atoms with Crippen molar-refractivity contribution in [3.05, 3.63) is 77.8 Å². The van der Waals surface area contributed by atoms with Gasteiger partial charge >= 0.3 is 0 Å². The quantitative estimate of drug-likeness (QED) is 0.337. The Morgan fingerprint density at radius 2 is 1.81 bits per heavy atom. The fraction of sp³-hybridized carbons (Fsp3) is 0.419. The van der Waals surface area contributed by atoms with E-state index >= 15 is 0 Å². The Kier molecular flexibility index (Phi) is 8.94. The van der Waals surface area contributed by atoms with Crippen LogP contribution in [0.25, 0.3) is 10.9 Å². The molecule has 3 N–H and O–H groups in total. The number of hydrogen-bond donors (Lipinski definition) is 3. The van der Waals surface area contributed by atoms with Crippen LogP contribution in [0.15, 0.2) is 55.0 Å². The molecule has 0 bridgehead atoms. The van der Waals surface area contributed by atoms with Crippen LogP contribution >= 0.6 is 0 Å². The summed E-state index contributed by atoms with van der Waals surface area (Å²) in [7, 11) is 0. The van der Waals surface area contributed by atoms with Crippen molar-refractivity contribution in [3.8, 4) is 0 Å². The molecule has 42 heavy (non-hydrogen) atoms. The van der Waals surface area contributed by atoms with Crippen LogP contribution in [-0.2, 0) is 22.6 Å². The average Bonchev–Trinajstić information content (AvgIpc) is 3.56. The standard InChI is InChI=1S/C31H38N8O3/c1-20(2)17-26-29-34-21(3)37-39(29)16-15-38(31(42)22-10-12-32-13-11-22)14-6-9-28(40)35-27(30(41)36-26)18-23-19-33-25-8-5-4-7-24(23)25/h4-5,7-8,10-13,19-20,26-27,33H,6,9,14-18H2,1-3H3,(H,35,40)(H,36,41)/t26-,27+/m0/s1. The first-order chi connectivity index (χ1) is 20.3. The van der Waals surface area contributed by atoms with Crippen molar-refractivity contribution in [2.24, 2.45) is 5.92 Å². The summed E-state index contributed by atoms with van der Waals surface area (Å²) in [6, 6.07) is 10.1. The largest absolute Gasteiger partial charge is 0.361 e. The van der Waals surface area contributed by atoms with Gasteiger partial charge in [-0.1, -0.05) is 32.0 Å². The second-order valence-electron chi connectivity index (χ2n) is 11.2. The Morgan fingerprint density at radius 3 is 2.60 bits per heavy atom. The molecule has 0 radical (unpaired) electrons. The number of benzene rings is 1. The summed E-state index contributed by atoms with van der Waals surface area (Å²) in [5.74, 6) is 0.854. The minimum Gasteiger partial charge on any atom is -0.361 e. The van der Waals surface area contributed by atoms with Crippen molar-refractivity contribution < 1.29 is 14.4 Å². The van der Waals surface area contributed by atoms with Gasteiger partial charge < -0.3 is 20.5 Å². The van der Waals surface area contributed by atoms with Crippen molar-refractivity contribution in [2.45, 2.75) is 65.1 Å². The molecule has 11 heteroatoms. The predicted molar refractivity (Wildman–Crippen MR) is 158 cm³/mol. The van der Waals surface area contributed by atoms with Gasteiger partial charge in [0, 0.05) is 61.0 Å². The molecular weight excluding hydrogens is 532 g/mol. The van der Waals surface area contributed by atoms with E-state index in [9.17, 15) is 14.4 Å². The molecule has 11 nitrogen and oxygen atoms in total. The maximum Gasteiger partial charge on any atom is 0.254 e. The van der Waals surface area contributed by atoms with Crippen LogP contribution in [-0.4, -0.2) is 66.5 Å². The van der Waals surface area contributed by atoms with Gasteiger partial charge in [-0.2, -0.15) is 5.10 Å². The highest BCUT2D eigenvalue weighted by Crippen LogP contribution is 2.23. The molecule has 0 unspecified atom stereocenters. The molecule has 0 aliphatic carbocycles. The lowest BCUT2D eigenvalue weighted by atomic mass is 10.0. The SMILES string of the molecule is Cc1nc2n(n1)CCN(C(=O)c1ccncc1)CCCC(=O)N[C@H](Cc1c[nH]c3ccccc13)C(=O)N[C@H]2CC(C)C. The van der Waals surface area contributed by atoms with E-state index in [4.69, 9.17) is 4.98 Å². The van der Waals surface area contributed by atoms with E-state index in [1.165, 1.54) is 0 Å². The van der Waals surface area contributed by atoms with E-state index in [0.717, 1.165) is 16.5 Å². The summed E-state index contributed by atoms with van der Waals surface area (Å²) in [4.78, 5) is 54.2. The third-order valence-electron chi connectivity index (χ3n) is 7.52. The number of amides is 3. The first-order valence-electron chi connectivity index (χ1n) is 14.5. The summed E-state index contributed by atoms with van der Waals surface area (Å²) in [5.41, 5.74) is 2.45. The van der Waals surface area contributed by atoms with E-state index in [-0.39, 0.29) is 30.1 Å². The van der Waals surface area contributed by atoms with Crippen LogP contribution in [0.5, 0.6) is 0 Å². The zero-order valence-electron chi connectivity index (χ0n) is 24.3. The summed E-state index contributed by atoms with van der Waals surface area (Å²) in [5, 5.41) is 11.8. The van der Waals surface area contributed by atoms with E-state index in [2.05, 4.69) is 39.5 Å². The number of fused-ring (bicyclic) bond motifs is 2. The highest BCUT2D eigenvalue weighted by molar-refractivity contribution is 5.94. The van der Waals surface area contributed by atoms with Crippen molar-refractivity contribution in [1.29, 1.82) is 0 Å². The molecule has 5 rings (SSSR count). The summed E-state index contributed by atoms with van der Waals surface area (Å²) in [6.07, 6.45) is 6.67. The fourth-order valence-electron chi connectivity index (χ4n) is 5.50. The topological polar surface area (TPSA) is 138 Å². The Balaban J connectivity index is 1.47. The number of pyridine rings is 1.